The maximum Gasteiger partial charge on any atom is 0.302 e. The van der Waals surface area contributed by atoms with Gasteiger partial charge in [0.15, 0.2) is 0 Å². The molecule has 0 bridgehead atoms. The maximum absolute atomic E-state index is 13.0. The van der Waals surface area contributed by atoms with Gasteiger partial charge >= 0.3 is 5.97 Å². The molecule has 7 nitrogen and oxygen atoms in total. The molecule has 8 heteroatoms. The van der Waals surface area contributed by atoms with Crippen molar-refractivity contribution < 1.29 is 28.5 Å². The fourth-order valence-electron chi connectivity index (χ4n) is 2.85. The summed E-state index contributed by atoms with van der Waals surface area (Å²) >= 11 is 1.61. The maximum atomic E-state index is 13.0. The minimum Gasteiger partial charge on any atom is -0.463 e. The molecule has 0 radical (unpaired) electrons. The number of ketones is 1. The third-order valence-electron chi connectivity index (χ3n) is 4.00. The molecule has 2 aliphatic heterocycles. The topological polar surface area (TPSA) is 74.3 Å². The largest absolute Gasteiger partial charge is 0.463 e. The molecule has 0 aromatic heterocycles. The van der Waals surface area contributed by atoms with E-state index in [2.05, 4.69) is 4.90 Å². The van der Waals surface area contributed by atoms with E-state index in [-0.39, 0.29) is 29.7 Å². The molecule has 0 amide bonds. The summed E-state index contributed by atoms with van der Waals surface area (Å²) < 4.78 is 22.1. The Hall–Kier alpha value is -1.09. The molecule has 2 fully saturated rings. The van der Waals surface area contributed by atoms with Crippen LogP contribution >= 0.6 is 11.8 Å². The Morgan fingerprint density at radius 3 is 2.65 bits per heavy atom. The summed E-state index contributed by atoms with van der Waals surface area (Å²) in [5.74, 6) is 0.287. The van der Waals surface area contributed by atoms with Crippen molar-refractivity contribution in [3.63, 3.8) is 0 Å². The van der Waals surface area contributed by atoms with Crippen molar-refractivity contribution in [3.05, 3.63) is 11.8 Å². The summed E-state index contributed by atoms with van der Waals surface area (Å²) in [6.45, 7) is 9.97. The first kappa shape index (κ1) is 21.2. The zero-order chi connectivity index (χ0) is 19.1. The predicted molar refractivity (Wildman–Crippen MR) is 98.9 cm³/mol. The Morgan fingerprint density at radius 2 is 2.08 bits per heavy atom. The zero-order valence-electron chi connectivity index (χ0n) is 15.9. The average Bonchev–Trinajstić information content (AvgIpc) is 2.59. The summed E-state index contributed by atoms with van der Waals surface area (Å²) in [4.78, 5) is 26.4. The Kier molecular flexibility index (Phi) is 8.40. The number of hydrogen-bond donors (Lipinski definition) is 0. The van der Waals surface area contributed by atoms with Crippen LogP contribution in [0.2, 0.25) is 0 Å². The summed E-state index contributed by atoms with van der Waals surface area (Å²) in [6, 6.07) is 0. The van der Waals surface area contributed by atoms with Crippen molar-refractivity contribution in [2.45, 2.75) is 51.4 Å². The van der Waals surface area contributed by atoms with E-state index in [0.29, 0.717) is 18.8 Å². The van der Waals surface area contributed by atoms with E-state index in [1.54, 1.807) is 11.8 Å². The highest BCUT2D eigenvalue weighted by atomic mass is 32.2. The molecule has 0 aromatic rings. The number of esters is 1. The molecular formula is C18H29NO6S. The third-order valence-corrected chi connectivity index (χ3v) is 5.25. The second kappa shape index (κ2) is 10.3. The van der Waals surface area contributed by atoms with E-state index in [4.69, 9.17) is 18.9 Å². The molecule has 0 aromatic carbocycles. The second-order valence-electron chi connectivity index (χ2n) is 6.47. The number of ether oxygens (including phenoxy) is 4. The summed E-state index contributed by atoms with van der Waals surface area (Å²) in [5.41, 5.74) is 0.660. The molecule has 148 valence electrons. The van der Waals surface area contributed by atoms with Gasteiger partial charge < -0.3 is 23.8 Å². The highest BCUT2D eigenvalue weighted by Crippen LogP contribution is 2.33. The first-order valence-corrected chi connectivity index (χ1v) is 10.1. The van der Waals surface area contributed by atoms with E-state index < -0.39 is 12.4 Å². The van der Waals surface area contributed by atoms with E-state index >= 15 is 0 Å². The highest BCUT2D eigenvalue weighted by Gasteiger charge is 2.43. The minimum absolute atomic E-state index is 0.0959. The van der Waals surface area contributed by atoms with Gasteiger partial charge in [-0.05, 0) is 19.6 Å². The number of carbonyl (C=O) groups is 2. The molecule has 0 aliphatic carbocycles. The van der Waals surface area contributed by atoms with Crippen LogP contribution in [0.3, 0.4) is 0 Å². The van der Waals surface area contributed by atoms with Gasteiger partial charge in [-0.1, -0.05) is 6.92 Å². The van der Waals surface area contributed by atoms with Crippen molar-refractivity contribution in [3.8, 4) is 0 Å². The molecule has 2 heterocycles. The smallest absolute Gasteiger partial charge is 0.302 e. The normalized spacial score (nSPS) is 28.7. The zero-order valence-corrected chi connectivity index (χ0v) is 16.8. The number of thioether (sulfide) groups is 1. The van der Waals surface area contributed by atoms with E-state index in [0.717, 1.165) is 18.8 Å². The highest BCUT2D eigenvalue weighted by molar-refractivity contribution is 8.00. The standard InChI is InChI=1S/C18H29NO6S/c1-5-26-17-14(10-19-6-8-22-9-7-19)16(21)18(24-12(2)3)25-15(17)11-23-13(4)20/h10,12,15,17-18H,5-9,11H2,1-4H3/b14-10-/t15-,17-,18+/m1/s1. The first-order chi connectivity index (χ1) is 12.4. The predicted octanol–water partition coefficient (Wildman–Crippen LogP) is 1.61. The van der Waals surface area contributed by atoms with E-state index in [1.165, 1.54) is 6.92 Å². The molecule has 0 spiro atoms. The SMILES string of the molecule is CCS[C@@H]1/C(=C\N2CCOCC2)C(=O)[C@@H](OC(C)C)O[C@@H]1COC(C)=O. The van der Waals surface area contributed by atoms with Crippen LogP contribution in [0, 0.1) is 0 Å². The number of carbonyl (C=O) groups excluding carboxylic acids is 2. The number of nitrogens with zero attached hydrogens (tertiary/aromatic N) is 1. The molecule has 2 saturated heterocycles. The van der Waals surface area contributed by atoms with Gasteiger partial charge in [-0.15, -0.1) is 0 Å². The van der Waals surface area contributed by atoms with Crippen LogP contribution in [0.15, 0.2) is 11.8 Å². The Morgan fingerprint density at radius 1 is 1.38 bits per heavy atom. The fraction of sp³-hybridized carbons (Fsp3) is 0.778. The van der Waals surface area contributed by atoms with Gasteiger partial charge in [-0.2, -0.15) is 11.8 Å². The first-order valence-electron chi connectivity index (χ1n) is 9.06. The second-order valence-corrected chi connectivity index (χ2v) is 7.89. The summed E-state index contributed by atoms with van der Waals surface area (Å²) in [6.07, 6.45) is 0.352. The van der Waals surface area contributed by atoms with Crippen LogP contribution in [0.25, 0.3) is 0 Å². The number of morpholine rings is 1. The van der Waals surface area contributed by atoms with Gasteiger partial charge in [0.05, 0.1) is 24.6 Å². The Labute approximate surface area is 159 Å². The molecular weight excluding hydrogens is 358 g/mol. The summed E-state index contributed by atoms with van der Waals surface area (Å²) in [5, 5.41) is -0.207. The molecule has 26 heavy (non-hydrogen) atoms. The van der Waals surface area contributed by atoms with Gasteiger partial charge in [0.1, 0.15) is 12.7 Å². The van der Waals surface area contributed by atoms with E-state index in [9.17, 15) is 9.59 Å². The molecule has 0 unspecified atom stereocenters. The Bertz CT molecular complexity index is 518. The number of hydrogen-bond acceptors (Lipinski definition) is 8. The van der Waals surface area contributed by atoms with Crippen LogP contribution in [0.5, 0.6) is 0 Å². The van der Waals surface area contributed by atoms with Crippen LogP contribution in [-0.2, 0) is 28.5 Å². The molecule has 2 aliphatic rings. The molecule has 3 atom stereocenters. The van der Waals surface area contributed by atoms with Crippen molar-refractivity contribution in [1.82, 2.24) is 4.90 Å². The average molecular weight is 387 g/mol. The number of rotatable bonds is 7. The quantitative estimate of drug-likeness (QED) is 0.482. The van der Waals surface area contributed by atoms with Crippen molar-refractivity contribution in [2.24, 2.45) is 0 Å². The Balaban J connectivity index is 2.27. The van der Waals surface area contributed by atoms with Gasteiger partial charge in [-0.25, -0.2) is 0 Å². The van der Waals surface area contributed by atoms with Gasteiger partial charge in [-0.3, -0.25) is 9.59 Å². The molecule has 0 N–H and O–H groups in total. The fourth-order valence-corrected chi connectivity index (χ4v) is 3.93. The van der Waals surface area contributed by atoms with Gasteiger partial charge in [0, 0.05) is 31.8 Å². The minimum atomic E-state index is -0.975. The lowest BCUT2D eigenvalue weighted by Gasteiger charge is -2.38. The molecule has 2 rings (SSSR count). The lowest BCUT2D eigenvalue weighted by atomic mass is 10.00. The van der Waals surface area contributed by atoms with Crippen LogP contribution in [-0.4, -0.2) is 79.1 Å². The molecule has 0 saturated carbocycles. The monoisotopic (exact) mass is 387 g/mol. The van der Waals surface area contributed by atoms with Crippen LogP contribution in [0.4, 0.5) is 0 Å². The third kappa shape index (κ3) is 5.97. The lowest BCUT2D eigenvalue weighted by Crippen LogP contribution is -2.50. The van der Waals surface area contributed by atoms with Crippen LogP contribution in [0.1, 0.15) is 27.7 Å². The van der Waals surface area contributed by atoms with Crippen LogP contribution < -0.4 is 0 Å². The van der Waals surface area contributed by atoms with Crippen molar-refractivity contribution >= 4 is 23.5 Å². The lowest BCUT2D eigenvalue weighted by molar-refractivity contribution is -0.205. The van der Waals surface area contributed by atoms with Crippen molar-refractivity contribution in [1.29, 1.82) is 0 Å². The number of Topliss-reactive ketones (excluding diaryl/α,β-unsaturated/α-hetero) is 1. The van der Waals surface area contributed by atoms with Gasteiger partial charge in [0.2, 0.25) is 12.1 Å². The van der Waals surface area contributed by atoms with Gasteiger partial charge in [0.25, 0.3) is 0 Å². The van der Waals surface area contributed by atoms with E-state index in [1.807, 2.05) is 27.0 Å². The van der Waals surface area contributed by atoms with Crippen molar-refractivity contribution in [2.75, 3.05) is 38.7 Å². The summed E-state index contributed by atoms with van der Waals surface area (Å²) in [7, 11) is 0.